The van der Waals surface area contributed by atoms with Crippen molar-refractivity contribution in [2.75, 3.05) is 7.05 Å². The molecule has 1 aliphatic rings. The van der Waals surface area contributed by atoms with Gasteiger partial charge >= 0.3 is 6.18 Å². The van der Waals surface area contributed by atoms with E-state index < -0.39 is 22.9 Å². The largest absolute Gasteiger partial charge is 0.416 e. The van der Waals surface area contributed by atoms with E-state index >= 15 is 0 Å². The predicted octanol–water partition coefficient (Wildman–Crippen LogP) is 2.10. The van der Waals surface area contributed by atoms with Gasteiger partial charge in [0.25, 0.3) is 0 Å². The van der Waals surface area contributed by atoms with Crippen molar-refractivity contribution >= 4 is 23.2 Å². The number of nitrogens with zero attached hydrogens (tertiary/aromatic N) is 2. The fourth-order valence-electron chi connectivity index (χ4n) is 1.59. The van der Waals surface area contributed by atoms with Crippen molar-refractivity contribution in [3.63, 3.8) is 0 Å². The van der Waals surface area contributed by atoms with Gasteiger partial charge in [-0.1, -0.05) is 12.1 Å². The van der Waals surface area contributed by atoms with Crippen LogP contribution in [0.25, 0.3) is 0 Å². The van der Waals surface area contributed by atoms with Gasteiger partial charge in [0.2, 0.25) is 11.2 Å². The minimum Gasteiger partial charge on any atom is -0.296 e. The normalized spacial score (nSPS) is 19.4. The van der Waals surface area contributed by atoms with E-state index in [4.69, 9.17) is 0 Å². The molecule has 106 valence electrons. The molecular weight excluding hydrogens is 293 g/mol. The summed E-state index contributed by atoms with van der Waals surface area (Å²) in [5, 5.41) is 0. The van der Waals surface area contributed by atoms with Gasteiger partial charge in [-0.15, -0.1) is 0 Å². The molecule has 0 aromatic heterocycles. The topological polar surface area (TPSA) is 49.7 Å². The van der Waals surface area contributed by atoms with Crippen molar-refractivity contribution in [3.05, 3.63) is 47.2 Å². The van der Waals surface area contributed by atoms with Gasteiger partial charge in [0, 0.05) is 12.6 Å². The van der Waals surface area contributed by atoms with Crippen molar-refractivity contribution in [2.45, 2.75) is 6.18 Å². The van der Waals surface area contributed by atoms with E-state index in [9.17, 15) is 22.2 Å². The lowest BCUT2D eigenvalue weighted by molar-refractivity contribution is -0.137. The molecule has 0 saturated carbocycles. The number of carbonyl (C=O) groups is 1. The average Bonchev–Trinajstić information content (AvgIpc) is 2.41. The maximum atomic E-state index is 12.6. The number of benzene rings is 1. The molecule has 8 heteroatoms. The Morgan fingerprint density at radius 3 is 2.65 bits per heavy atom. The number of hydrogen-bond donors (Lipinski definition) is 0. The van der Waals surface area contributed by atoms with E-state index in [-0.39, 0.29) is 17.0 Å². The minimum absolute atomic E-state index is 0.0784. The van der Waals surface area contributed by atoms with Crippen LogP contribution in [0.5, 0.6) is 0 Å². The molecule has 0 saturated heterocycles. The Morgan fingerprint density at radius 2 is 2.05 bits per heavy atom. The summed E-state index contributed by atoms with van der Waals surface area (Å²) in [4.78, 5) is 10.8. The number of likely N-dealkylation sites (N-methyl/N-ethyl adjacent to an activating group) is 1. The van der Waals surface area contributed by atoms with Crippen LogP contribution in [0.4, 0.5) is 13.2 Å². The second-order valence-corrected chi connectivity index (χ2v) is 5.16. The summed E-state index contributed by atoms with van der Waals surface area (Å²) in [7, 11) is 1.41. The van der Waals surface area contributed by atoms with Crippen LogP contribution >= 0.6 is 0 Å². The average molecular weight is 302 g/mol. The van der Waals surface area contributed by atoms with Crippen LogP contribution in [0.2, 0.25) is 0 Å². The smallest absolute Gasteiger partial charge is 0.296 e. The van der Waals surface area contributed by atoms with Crippen LogP contribution in [0, 0.1) is 0 Å². The fourth-order valence-corrected chi connectivity index (χ4v) is 2.32. The Bertz CT molecular complexity index is 638. The molecule has 2 rings (SSSR count). The molecule has 1 atom stereocenters. The van der Waals surface area contributed by atoms with Crippen molar-refractivity contribution in [2.24, 2.45) is 4.40 Å². The zero-order valence-corrected chi connectivity index (χ0v) is 11.0. The molecule has 1 heterocycles. The minimum atomic E-state index is -4.47. The first kappa shape index (κ1) is 14.4. The summed E-state index contributed by atoms with van der Waals surface area (Å²) in [6.45, 7) is 0. The fraction of sp³-hybridized carbons (Fsp3) is 0.167. The van der Waals surface area contributed by atoms with Crippen LogP contribution < -0.4 is 0 Å². The SMILES string of the molecule is CN1C(C=O)=CC(c2cccc(C(F)(F)F)c2)=NS1=O. The Kier molecular flexibility index (Phi) is 3.76. The Labute approximate surface area is 115 Å². The van der Waals surface area contributed by atoms with Gasteiger partial charge in [-0.3, -0.25) is 9.10 Å². The van der Waals surface area contributed by atoms with Crippen LogP contribution in [0.15, 0.2) is 40.4 Å². The van der Waals surface area contributed by atoms with E-state index in [0.29, 0.717) is 6.29 Å². The maximum Gasteiger partial charge on any atom is 0.416 e. The van der Waals surface area contributed by atoms with Crippen LogP contribution in [-0.2, 0) is 22.1 Å². The first-order chi connectivity index (χ1) is 9.32. The lowest BCUT2D eigenvalue weighted by Crippen LogP contribution is -2.25. The molecule has 20 heavy (non-hydrogen) atoms. The van der Waals surface area contributed by atoms with E-state index in [2.05, 4.69) is 4.40 Å². The molecule has 4 nitrogen and oxygen atoms in total. The highest BCUT2D eigenvalue weighted by molar-refractivity contribution is 7.81. The third-order valence-corrected chi connectivity index (χ3v) is 3.70. The van der Waals surface area contributed by atoms with Crippen molar-refractivity contribution in [1.82, 2.24) is 4.31 Å². The summed E-state index contributed by atoms with van der Waals surface area (Å²) in [6.07, 6.45) is -2.71. The molecule has 1 aromatic carbocycles. The molecule has 0 radical (unpaired) electrons. The Balaban J connectivity index is 2.47. The van der Waals surface area contributed by atoms with Crippen LogP contribution in [0.1, 0.15) is 11.1 Å². The molecule has 0 bridgehead atoms. The number of hydrogen-bond acceptors (Lipinski definition) is 2. The van der Waals surface area contributed by atoms with E-state index in [0.717, 1.165) is 16.4 Å². The second kappa shape index (κ2) is 5.20. The number of rotatable bonds is 2. The summed E-state index contributed by atoms with van der Waals surface area (Å²) < 4.78 is 54.5. The third-order valence-electron chi connectivity index (χ3n) is 2.67. The lowest BCUT2D eigenvalue weighted by atomic mass is 10.1. The zero-order chi connectivity index (χ0) is 14.9. The molecule has 0 fully saturated rings. The summed E-state index contributed by atoms with van der Waals surface area (Å²) >= 11 is -1.83. The predicted molar refractivity (Wildman–Crippen MR) is 68.0 cm³/mol. The van der Waals surface area contributed by atoms with Crippen LogP contribution in [-0.4, -0.2) is 27.6 Å². The van der Waals surface area contributed by atoms with Gasteiger partial charge in [0.05, 0.1) is 17.0 Å². The van der Waals surface area contributed by atoms with Gasteiger partial charge in [0.1, 0.15) is 0 Å². The quantitative estimate of drug-likeness (QED) is 0.786. The summed E-state index contributed by atoms with van der Waals surface area (Å²) in [6, 6.07) is 4.48. The molecular formula is C12H9F3N2O2S. The molecule has 0 N–H and O–H groups in total. The monoisotopic (exact) mass is 302 g/mol. The highest BCUT2D eigenvalue weighted by Gasteiger charge is 2.31. The molecule has 1 aromatic rings. The summed E-state index contributed by atoms with van der Waals surface area (Å²) in [5.41, 5.74) is -0.510. The standard InChI is InChI=1S/C12H9F3N2O2S/c1-17-10(7-18)6-11(16-20(17)19)8-3-2-4-9(5-8)12(13,14)15/h2-7H,1H3. The highest BCUT2D eigenvalue weighted by atomic mass is 32.2. The van der Waals surface area contributed by atoms with Gasteiger partial charge in [-0.2, -0.15) is 17.6 Å². The Morgan fingerprint density at radius 1 is 1.35 bits per heavy atom. The lowest BCUT2D eigenvalue weighted by Gasteiger charge is -2.19. The second-order valence-electron chi connectivity index (χ2n) is 3.97. The van der Waals surface area contributed by atoms with E-state index in [1.54, 1.807) is 0 Å². The van der Waals surface area contributed by atoms with Gasteiger partial charge in [0.15, 0.2) is 6.29 Å². The van der Waals surface area contributed by atoms with Gasteiger partial charge < -0.3 is 0 Å². The third kappa shape index (κ3) is 2.79. The molecule has 0 aliphatic carbocycles. The number of carbonyl (C=O) groups excluding carboxylic acids is 1. The van der Waals surface area contributed by atoms with Gasteiger partial charge in [-0.25, -0.2) is 4.21 Å². The molecule has 0 spiro atoms. The summed E-state index contributed by atoms with van der Waals surface area (Å²) in [5.74, 6) is 0. The van der Waals surface area contributed by atoms with Crippen molar-refractivity contribution < 1.29 is 22.2 Å². The van der Waals surface area contributed by atoms with Crippen LogP contribution in [0.3, 0.4) is 0 Å². The number of halogens is 3. The first-order valence-corrected chi connectivity index (χ1v) is 6.48. The first-order valence-electron chi connectivity index (χ1n) is 5.42. The number of alkyl halides is 3. The Hall–Kier alpha value is -1.96. The maximum absolute atomic E-state index is 12.6. The number of aldehydes is 1. The van der Waals surface area contributed by atoms with E-state index in [1.807, 2.05) is 0 Å². The number of allylic oxidation sites excluding steroid dienone is 2. The zero-order valence-electron chi connectivity index (χ0n) is 10.2. The van der Waals surface area contributed by atoms with Crippen molar-refractivity contribution in [1.29, 1.82) is 0 Å². The molecule has 1 unspecified atom stereocenters. The van der Waals surface area contributed by atoms with E-state index in [1.165, 1.54) is 25.3 Å². The van der Waals surface area contributed by atoms with Gasteiger partial charge in [-0.05, 0) is 18.2 Å². The molecule has 1 aliphatic heterocycles. The molecule has 0 amide bonds. The highest BCUT2D eigenvalue weighted by Crippen LogP contribution is 2.30. The van der Waals surface area contributed by atoms with Crippen molar-refractivity contribution in [3.8, 4) is 0 Å².